The quantitative estimate of drug-likeness (QED) is 0.690. The first-order valence-corrected chi connectivity index (χ1v) is 8.05. The van der Waals surface area contributed by atoms with Crippen molar-refractivity contribution >= 4 is 22.4 Å². The molecular formula is C15H14FN5O3S. The number of carbonyl (C=O) groups excluding carboxylic acids is 1. The lowest BCUT2D eigenvalue weighted by atomic mass is 10.3. The van der Waals surface area contributed by atoms with Crippen LogP contribution in [0.25, 0.3) is 0 Å². The molecule has 25 heavy (non-hydrogen) atoms. The predicted molar refractivity (Wildman–Crippen MR) is 87.4 cm³/mol. The van der Waals surface area contributed by atoms with E-state index in [-0.39, 0.29) is 24.2 Å². The molecule has 0 saturated carbocycles. The average Bonchev–Trinajstić information content (AvgIpc) is 3.22. The Morgan fingerprint density at radius 2 is 2.32 bits per heavy atom. The van der Waals surface area contributed by atoms with Crippen LogP contribution in [0.3, 0.4) is 0 Å². The molecule has 3 N–H and O–H groups in total. The van der Waals surface area contributed by atoms with Crippen molar-refractivity contribution in [2.24, 2.45) is 0 Å². The summed E-state index contributed by atoms with van der Waals surface area (Å²) in [6.45, 7) is 1.73. The zero-order valence-electron chi connectivity index (χ0n) is 13.1. The molecule has 0 radical (unpaired) electrons. The topological polar surface area (TPSA) is 116 Å². The van der Waals surface area contributed by atoms with Crippen molar-refractivity contribution in [3.63, 3.8) is 0 Å². The van der Waals surface area contributed by atoms with Gasteiger partial charge in [-0.15, -0.1) is 10.2 Å². The van der Waals surface area contributed by atoms with Crippen LogP contribution < -0.4 is 15.8 Å². The molecule has 10 heteroatoms. The molecule has 8 nitrogen and oxygen atoms in total. The summed E-state index contributed by atoms with van der Waals surface area (Å²) in [5, 5.41) is 11.2. The van der Waals surface area contributed by atoms with E-state index in [2.05, 4.69) is 20.5 Å². The summed E-state index contributed by atoms with van der Waals surface area (Å²) in [6.07, 6.45) is 1.22. The summed E-state index contributed by atoms with van der Waals surface area (Å²) < 4.78 is 23.6. The van der Waals surface area contributed by atoms with Crippen molar-refractivity contribution < 1.29 is 18.3 Å². The first kappa shape index (κ1) is 16.8. The number of rotatable bonds is 6. The number of nitrogens with zero attached hydrogens (tertiary/aromatic N) is 3. The van der Waals surface area contributed by atoms with Crippen molar-refractivity contribution in [2.45, 2.75) is 19.6 Å². The average molecular weight is 363 g/mol. The molecule has 1 aromatic carbocycles. The highest BCUT2D eigenvalue weighted by molar-refractivity contribution is 7.15. The van der Waals surface area contributed by atoms with Gasteiger partial charge in [0.1, 0.15) is 22.8 Å². The maximum absolute atomic E-state index is 13.1. The van der Waals surface area contributed by atoms with E-state index in [9.17, 15) is 9.18 Å². The van der Waals surface area contributed by atoms with Crippen LogP contribution >= 0.6 is 11.3 Å². The standard InChI is InChI=1S/C15H14FN5O3S/c1-8(14-20-21-15(17)25-14)18-13(22)11-6-24-12(19-11)7-23-10-4-2-3-9(16)5-10/h2-6,8H,7H2,1H3,(H2,17,21)(H,18,22)/t8-/m1/s1. The molecule has 3 rings (SSSR count). The SMILES string of the molecule is C[C@@H](NC(=O)c1coc(COc2cccc(F)c2)n1)c1nnc(N)s1. The van der Waals surface area contributed by atoms with Crippen LogP contribution in [0.2, 0.25) is 0 Å². The number of halogens is 1. The molecule has 0 bridgehead atoms. The Morgan fingerprint density at radius 1 is 1.48 bits per heavy atom. The van der Waals surface area contributed by atoms with Gasteiger partial charge in [0.2, 0.25) is 11.0 Å². The highest BCUT2D eigenvalue weighted by Gasteiger charge is 2.18. The Labute approximate surface area is 145 Å². The predicted octanol–water partition coefficient (Wildman–Crippen LogP) is 2.32. The van der Waals surface area contributed by atoms with Crippen molar-refractivity contribution in [3.05, 3.63) is 52.9 Å². The Bertz CT molecular complexity index is 881. The largest absolute Gasteiger partial charge is 0.484 e. The Hall–Kier alpha value is -3.01. The molecule has 0 fully saturated rings. The molecule has 1 amide bonds. The Kier molecular flexibility index (Phi) is 4.89. The smallest absolute Gasteiger partial charge is 0.273 e. The summed E-state index contributed by atoms with van der Waals surface area (Å²) >= 11 is 1.19. The second-order valence-electron chi connectivity index (χ2n) is 5.05. The number of hydrogen-bond acceptors (Lipinski definition) is 8. The lowest BCUT2D eigenvalue weighted by Crippen LogP contribution is -2.26. The third-order valence-electron chi connectivity index (χ3n) is 3.12. The molecule has 0 aliphatic rings. The summed E-state index contributed by atoms with van der Waals surface area (Å²) in [6, 6.07) is 5.32. The van der Waals surface area contributed by atoms with Crippen molar-refractivity contribution in [1.29, 1.82) is 0 Å². The van der Waals surface area contributed by atoms with Crippen LogP contribution in [0.1, 0.15) is 34.4 Å². The molecule has 0 aliphatic heterocycles. The molecule has 130 valence electrons. The van der Waals surface area contributed by atoms with E-state index in [1.807, 2.05) is 0 Å². The second kappa shape index (κ2) is 7.26. The van der Waals surface area contributed by atoms with E-state index < -0.39 is 11.7 Å². The normalized spacial score (nSPS) is 11.9. The minimum Gasteiger partial charge on any atom is -0.484 e. The summed E-state index contributed by atoms with van der Waals surface area (Å²) in [4.78, 5) is 16.2. The number of anilines is 1. The number of hydrogen-bond donors (Lipinski definition) is 2. The fourth-order valence-electron chi connectivity index (χ4n) is 1.94. The summed E-state index contributed by atoms with van der Waals surface area (Å²) in [7, 11) is 0. The highest BCUT2D eigenvalue weighted by Crippen LogP contribution is 2.19. The van der Waals surface area contributed by atoms with E-state index in [0.29, 0.717) is 15.9 Å². The minimum absolute atomic E-state index is 0.0286. The van der Waals surface area contributed by atoms with Crippen molar-refractivity contribution in [2.75, 3.05) is 5.73 Å². The van der Waals surface area contributed by atoms with E-state index >= 15 is 0 Å². The molecule has 2 aromatic heterocycles. The number of aromatic nitrogens is 3. The van der Waals surface area contributed by atoms with Gasteiger partial charge in [-0.3, -0.25) is 4.79 Å². The van der Waals surface area contributed by atoms with E-state index in [1.54, 1.807) is 13.0 Å². The van der Waals surface area contributed by atoms with Crippen LogP contribution in [-0.2, 0) is 6.61 Å². The van der Waals surface area contributed by atoms with Gasteiger partial charge in [0.25, 0.3) is 5.91 Å². The van der Waals surface area contributed by atoms with Gasteiger partial charge in [0, 0.05) is 6.07 Å². The molecule has 0 saturated heterocycles. The van der Waals surface area contributed by atoms with E-state index in [4.69, 9.17) is 14.9 Å². The third-order valence-corrected chi connectivity index (χ3v) is 4.05. The van der Waals surface area contributed by atoms with Crippen LogP contribution in [0.5, 0.6) is 5.75 Å². The van der Waals surface area contributed by atoms with Crippen LogP contribution in [0.15, 0.2) is 34.9 Å². The number of ether oxygens (including phenoxy) is 1. The third kappa shape index (κ3) is 4.29. The van der Waals surface area contributed by atoms with Gasteiger partial charge in [-0.2, -0.15) is 0 Å². The molecule has 0 spiro atoms. The van der Waals surface area contributed by atoms with Gasteiger partial charge in [0.15, 0.2) is 12.3 Å². The zero-order valence-corrected chi connectivity index (χ0v) is 13.9. The molecule has 1 atom stereocenters. The first-order chi connectivity index (χ1) is 12.0. The van der Waals surface area contributed by atoms with Gasteiger partial charge < -0.3 is 20.2 Å². The fraction of sp³-hybridized carbons (Fsp3) is 0.200. The molecule has 3 aromatic rings. The molecule has 0 unspecified atom stereocenters. The van der Waals surface area contributed by atoms with Gasteiger partial charge in [0.05, 0.1) is 6.04 Å². The fourth-order valence-corrected chi connectivity index (χ4v) is 2.55. The molecule has 0 aliphatic carbocycles. The van der Waals surface area contributed by atoms with Crippen LogP contribution in [0.4, 0.5) is 9.52 Å². The lowest BCUT2D eigenvalue weighted by molar-refractivity contribution is 0.0934. The van der Waals surface area contributed by atoms with E-state index in [1.165, 1.54) is 35.8 Å². The first-order valence-electron chi connectivity index (χ1n) is 7.24. The summed E-state index contributed by atoms with van der Waals surface area (Å²) in [5.74, 6) is -0.299. The molecular weight excluding hydrogens is 349 g/mol. The van der Waals surface area contributed by atoms with Crippen molar-refractivity contribution in [3.8, 4) is 5.75 Å². The van der Waals surface area contributed by atoms with Gasteiger partial charge in [-0.05, 0) is 19.1 Å². The Balaban J connectivity index is 1.57. The van der Waals surface area contributed by atoms with Crippen LogP contribution in [-0.4, -0.2) is 21.1 Å². The second-order valence-corrected chi connectivity index (χ2v) is 6.09. The molecule has 2 heterocycles. The number of nitrogen functional groups attached to an aromatic ring is 1. The zero-order chi connectivity index (χ0) is 17.8. The number of nitrogens with two attached hydrogens (primary N) is 1. The van der Waals surface area contributed by atoms with Crippen molar-refractivity contribution in [1.82, 2.24) is 20.5 Å². The number of benzene rings is 1. The maximum Gasteiger partial charge on any atom is 0.273 e. The van der Waals surface area contributed by atoms with Gasteiger partial charge >= 0.3 is 0 Å². The monoisotopic (exact) mass is 363 g/mol. The minimum atomic E-state index is -0.429. The highest BCUT2D eigenvalue weighted by atomic mass is 32.1. The van der Waals surface area contributed by atoms with E-state index in [0.717, 1.165) is 0 Å². The number of amides is 1. The number of nitrogens with one attached hydrogen (secondary N) is 1. The number of carbonyl (C=O) groups is 1. The Morgan fingerprint density at radius 3 is 3.04 bits per heavy atom. The number of oxazole rings is 1. The lowest BCUT2D eigenvalue weighted by Gasteiger charge is -2.08. The summed E-state index contributed by atoms with van der Waals surface area (Å²) in [5.41, 5.74) is 5.62. The van der Waals surface area contributed by atoms with Crippen LogP contribution in [0, 0.1) is 5.82 Å². The van der Waals surface area contributed by atoms with Gasteiger partial charge in [-0.25, -0.2) is 9.37 Å². The maximum atomic E-state index is 13.1. The van der Waals surface area contributed by atoms with Gasteiger partial charge in [-0.1, -0.05) is 17.4 Å².